The molecule has 132 valence electrons. The molecule has 1 fully saturated rings. The minimum atomic E-state index is -0.442. The third kappa shape index (κ3) is 3.21. The van der Waals surface area contributed by atoms with E-state index < -0.39 is 5.82 Å². The topological polar surface area (TPSA) is 55.1 Å². The minimum Gasteiger partial charge on any atom is -0.423 e. The van der Waals surface area contributed by atoms with Gasteiger partial charge in [-0.05, 0) is 43.4 Å². The first-order chi connectivity index (χ1) is 12.5. The second-order valence-corrected chi connectivity index (χ2v) is 7.21. The van der Waals surface area contributed by atoms with Gasteiger partial charge < -0.3 is 14.5 Å². The van der Waals surface area contributed by atoms with E-state index in [1.54, 1.807) is 37.3 Å². The number of anilines is 1. The minimum absolute atomic E-state index is 0.0690. The van der Waals surface area contributed by atoms with Crippen LogP contribution in [0.5, 0.6) is 0 Å². The summed E-state index contributed by atoms with van der Waals surface area (Å²) in [5.74, 6) is -0.442. The van der Waals surface area contributed by atoms with Crippen molar-refractivity contribution in [1.82, 2.24) is 4.98 Å². The number of carbonyl (C=O) groups is 1. The van der Waals surface area contributed by atoms with E-state index in [9.17, 15) is 9.18 Å². The molecule has 0 amide bonds. The number of oxazole rings is 1. The SMILES string of the molecule is Cc1cccc(F)c1C(=O)B1CCC(Nc2nc3ccc(Cl)cc3o2)C1. The summed E-state index contributed by atoms with van der Waals surface area (Å²) in [7, 11) is 0. The summed E-state index contributed by atoms with van der Waals surface area (Å²) in [5, 5.41) is 3.84. The van der Waals surface area contributed by atoms with Crippen LogP contribution in [-0.4, -0.2) is 23.4 Å². The van der Waals surface area contributed by atoms with Crippen LogP contribution in [0.1, 0.15) is 22.3 Å². The molecule has 0 aliphatic carbocycles. The highest BCUT2D eigenvalue weighted by molar-refractivity contribution is 6.93. The molecule has 3 aromatic rings. The number of aromatic nitrogens is 1. The molecule has 7 heteroatoms. The van der Waals surface area contributed by atoms with Gasteiger partial charge in [0.1, 0.15) is 17.0 Å². The zero-order valence-electron chi connectivity index (χ0n) is 14.3. The lowest BCUT2D eigenvalue weighted by Crippen LogP contribution is -2.26. The maximum atomic E-state index is 14.1. The van der Waals surface area contributed by atoms with Gasteiger partial charge in [0.15, 0.2) is 5.58 Å². The molecule has 0 radical (unpaired) electrons. The van der Waals surface area contributed by atoms with Crippen molar-refractivity contribution < 1.29 is 13.6 Å². The molecule has 26 heavy (non-hydrogen) atoms. The molecule has 0 spiro atoms. The third-order valence-corrected chi connectivity index (χ3v) is 5.18. The van der Waals surface area contributed by atoms with Crippen molar-refractivity contribution in [3.05, 3.63) is 58.4 Å². The Bertz CT molecular complexity index is 971. The maximum Gasteiger partial charge on any atom is 0.295 e. The molecule has 4 rings (SSSR count). The lowest BCUT2D eigenvalue weighted by Gasteiger charge is -2.11. The lowest BCUT2D eigenvalue weighted by molar-refractivity contribution is 0.106. The van der Waals surface area contributed by atoms with Gasteiger partial charge >= 0.3 is 0 Å². The fraction of sp³-hybridized carbons (Fsp3) is 0.263. The standard InChI is InChI=1S/C19H17BClFN2O2/c1-11-3-2-4-14(22)17(11)18(25)20-8-7-13(10-20)23-19-24-15-6-5-12(21)9-16(15)26-19/h2-6,9,13H,7-8,10H2,1H3,(H,23,24). The van der Waals surface area contributed by atoms with Crippen molar-refractivity contribution in [3.8, 4) is 0 Å². The number of benzene rings is 2. The van der Waals surface area contributed by atoms with Gasteiger partial charge in [0.05, 0.1) is 0 Å². The van der Waals surface area contributed by atoms with Crippen molar-refractivity contribution in [2.75, 3.05) is 5.32 Å². The van der Waals surface area contributed by atoms with Gasteiger partial charge in [-0.15, -0.1) is 0 Å². The van der Waals surface area contributed by atoms with E-state index in [-0.39, 0.29) is 24.0 Å². The molecule has 1 aliphatic heterocycles. The van der Waals surface area contributed by atoms with Crippen LogP contribution in [0.4, 0.5) is 10.4 Å². The van der Waals surface area contributed by atoms with Gasteiger partial charge in [0, 0.05) is 22.7 Å². The number of halogens is 2. The van der Waals surface area contributed by atoms with E-state index in [2.05, 4.69) is 10.3 Å². The van der Waals surface area contributed by atoms with Gasteiger partial charge in [-0.25, -0.2) is 4.39 Å². The van der Waals surface area contributed by atoms with Crippen molar-refractivity contribution >= 4 is 41.1 Å². The number of nitrogens with one attached hydrogen (secondary N) is 1. The monoisotopic (exact) mass is 370 g/mol. The number of hydrogen-bond acceptors (Lipinski definition) is 4. The Labute approximate surface area is 155 Å². The first-order valence-corrected chi connectivity index (χ1v) is 9.01. The maximum absolute atomic E-state index is 14.1. The molecule has 1 N–H and O–H groups in total. The Hall–Kier alpha value is -2.34. The molecule has 2 aromatic carbocycles. The Balaban J connectivity index is 1.47. The van der Waals surface area contributed by atoms with Crippen molar-refractivity contribution in [3.63, 3.8) is 0 Å². The Kier molecular flexibility index (Phi) is 4.45. The van der Waals surface area contributed by atoms with Crippen molar-refractivity contribution in [1.29, 1.82) is 0 Å². The molecular formula is C19H17BClFN2O2. The normalized spacial score (nSPS) is 17.0. The van der Waals surface area contributed by atoms with Crippen molar-refractivity contribution in [2.24, 2.45) is 0 Å². The van der Waals surface area contributed by atoms with Crippen LogP contribution in [0, 0.1) is 12.7 Å². The van der Waals surface area contributed by atoms with Gasteiger partial charge in [-0.1, -0.05) is 30.1 Å². The van der Waals surface area contributed by atoms with Gasteiger partial charge in [-0.3, -0.25) is 0 Å². The Morgan fingerprint density at radius 2 is 2.23 bits per heavy atom. The summed E-state index contributed by atoms with van der Waals surface area (Å²) in [6, 6.07) is 10.5. The summed E-state index contributed by atoms with van der Waals surface area (Å²) in [5.41, 5.74) is 2.13. The van der Waals surface area contributed by atoms with Gasteiger partial charge in [0.25, 0.3) is 6.01 Å². The molecule has 2 heterocycles. The number of nitrogens with zero attached hydrogens (tertiary/aromatic N) is 1. The number of aryl methyl sites for hydroxylation is 1. The third-order valence-electron chi connectivity index (χ3n) is 4.95. The molecule has 0 saturated carbocycles. The van der Waals surface area contributed by atoms with E-state index >= 15 is 0 Å². The molecule has 4 nitrogen and oxygen atoms in total. The zero-order valence-corrected chi connectivity index (χ0v) is 15.0. The predicted molar refractivity (Wildman–Crippen MR) is 102 cm³/mol. The molecule has 1 atom stereocenters. The summed E-state index contributed by atoms with van der Waals surface area (Å²) in [6.45, 7) is 1.58. The molecule has 0 bridgehead atoms. The average Bonchev–Trinajstić information content (AvgIpc) is 3.21. The molecule has 1 aliphatic rings. The summed E-state index contributed by atoms with van der Waals surface area (Å²) >= 11 is 5.96. The van der Waals surface area contributed by atoms with Crippen molar-refractivity contribution in [2.45, 2.75) is 32.0 Å². The quantitative estimate of drug-likeness (QED) is 0.654. The van der Waals surface area contributed by atoms with Crippen LogP contribution in [0.3, 0.4) is 0 Å². The average molecular weight is 371 g/mol. The zero-order chi connectivity index (χ0) is 18.3. The number of hydrogen-bond donors (Lipinski definition) is 1. The highest BCUT2D eigenvalue weighted by atomic mass is 35.5. The van der Waals surface area contributed by atoms with E-state index in [0.29, 0.717) is 28.5 Å². The number of rotatable bonds is 4. The fourth-order valence-electron chi connectivity index (χ4n) is 3.63. The van der Waals surface area contributed by atoms with E-state index in [4.69, 9.17) is 16.0 Å². The lowest BCUT2D eigenvalue weighted by atomic mass is 9.43. The first-order valence-electron chi connectivity index (χ1n) is 8.63. The van der Waals surface area contributed by atoms with Crippen LogP contribution in [-0.2, 0) is 0 Å². The molecule has 1 unspecified atom stereocenters. The van der Waals surface area contributed by atoms with E-state index in [0.717, 1.165) is 18.3 Å². The first kappa shape index (κ1) is 17.1. The van der Waals surface area contributed by atoms with Crippen LogP contribution >= 0.6 is 11.6 Å². The molecule has 1 saturated heterocycles. The fourth-order valence-corrected chi connectivity index (χ4v) is 3.80. The van der Waals surface area contributed by atoms with E-state index in [1.807, 2.05) is 0 Å². The van der Waals surface area contributed by atoms with Crippen LogP contribution in [0.25, 0.3) is 11.1 Å². The summed E-state index contributed by atoms with van der Waals surface area (Å²) in [4.78, 5) is 17.1. The highest BCUT2D eigenvalue weighted by Gasteiger charge is 2.36. The summed E-state index contributed by atoms with van der Waals surface area (Å²) in [6.07, 6.45) is 2.16. The van der Waals surface area contributed by atoms with Gasteiger partial charge in [-0.2, -0.15) is 4.98 Å². The summed E-state index contributed by atoms with van der Waals surface area (Å²) < 4.78 is 19.8. The second-order valence-electron chi connectivity index (χ2n) is 6.78. The Morgan fingerprint density at radius 3 is 3.04 bits per heavy atom. The van der Waals surface area contributed by atoms with E-state index in [1.165, 1.54) is 6.07 Å². The second kappa shape index (κ2) is 6.76. The van der Waals surface area contributed by atoms with Crippen LogP contribution < -0.4 is 5.32 Å². The number of fused-ring (bicyclic) bond motifs is 1. The Morgan fingerprint density at radius 1 is 1.38 bits per heavy atom. The highest BCUT2D eigenvalue weighted by Crippen LogP contribution is 2.29. The smallest absolute Gasteiger partial charge is 0.295 e. The molecular weight excluding hydrogens is 353 g/mol. The van der Waals surface area contributed by atoms with Crippen LogP contribution in [0.15, 0.2) is 40.8 Å². The largest absolute Gasteiger partial charge is 0.423 e. The molecule has 1 aromatic heterocycles. The van der Waals surface area contributed by atoms with Crippen LogP contribution in [0.2, 0.25) is 17.7 Å². The van der Waals surface area contributed by atoms with Gasteiger partial charge in [0.2, 0.25) is 6.71 Å². The number of carbonyl (C=O) groups excluding carboxylic acids is 1. The predicted octanol–water partition coefficient (Wildman–Crippen LogP) is 5.03.